The van der Waals surface area contributed by atoms with Crippen LogP contribution >= 0.6 is 15.9 Å². The van der Waals surface area contributed by atoms with E-state index in [1.54, 1.807) is 24.3 Å². The highest BCUT2D eigenvalue weighted by molar-refractivity contribution is 9.10. The van der Waals surface area contributed by atoms with Crippen molar-refractivity contribution in [3.8, 4) is 5.75 Å². The lowest BCUT2D eigenvalue weighted by atomic mass is 10.1. The van der Waals surface area contributed by atoms with Crippen LogP contribution in [0.25, 0.3) is 6.08 Å². The van der Waals surface area contributed by atoms with Crippen molar-refractivity contribution < 1.29 is 18.7 Å². The molecule has 2 aromatic rings. The van der Waals surface area contributed by atoms with Crippen molar-refractivity contribution in [3.63, 3.8) is 0 Å². The van der Waals surface area contributed by atoms with Crippen LogP contribution in [-0.2, 0) is 4.79 Å². The highest BCUT2D eigenvalue weighted by Gasteiger charge is 2.17. The zero-order valence-corrected chi connectivity index (χ0v) is 13.4. The maximum Gasteiger partial charge on any atom is 0.262 e. The van der Waals surface area contributed by atoms with E-state index in [0.717, 1.165) is 0 Å². The van der Waals surface area contributed by atoms with E-state index in [1.807, 2.05) is 0 Å². The van der Waals surface area contributed by atoms with Gasteiger partial charge in [0.25, 0.3) is 5.91 Å². The maximum absolute atomic E-state index is 13.7. The molecule has 4 nitrogen and oxygen atoms in total. The number of carbonyl (C=O) groups excluding carboxylic acids is 2. The summed E-state index contributed by atoms with van der Waals surface area (Å²) in [6.45, 7) is -0.0387. The highest BCUT2D eigenvalue weighted by atomic mass is 79.9. The molecule has 0 unspecified atom stereocenters. The number of hydrogen-bond donors (Lipinski definition) is 1. The Kier molecular flexibility index (Phi) is 4.25. The van der Waals surface area contributed by atoms with E-state index in [9.17, 15) is 14.0 Å². The third-order valence-corrected chi connectivity index (χ3v) is 3.77. The van der Waals surface area contributed by atoms with Gasteiger partial charge in [0.2, 0.25) is 0 Å². The Labute approximate surface area is 140 Å². The van der Waals surface area contributed by atoms with Crippen molar-refractivity contribution in [1.29, 1.82) is 0 Å². The van der Waals surface area contributed by atoms with Gasteiger partial charge in [0.15, 0.2) is 12.4 Å². The van der Waals surface area contributed by atoms with Gasteiger partial charge in [-0.25, -0.2) is 4.39 Å². The number of nitrogens with one attached hydrogen (secondary N) is 1. The molecule has 1 aliphatic heterocycles. The molecule has 116 valence electrons. The predicted octanol–water partition coefficient (Wildman–Crippen LogP) is 3.82. The minimum Gasteiger partial charge on any atom is -0.482 e. The van der Waals surface area contributed by atoms with Crippen LogP contribution in [0.15, 0.2) is 46.9 Å². The van der Waals surface area contributed by atoms with Crippen molar-refractivity contribution in [2.75, 3.05) is 11.9 Å². The number of rotatable bonds is 3. The number of anilines is 1. The van der Waals surface area contributed by atoms with Gasteiger partial charge in [0.1, 0.15) is 11.6 Å². The molecule has 6 heteroatoms. The summed E-state index contributed by atoms with van der Waals surface area (Å²) in [7, 11) is 0. The number of benzene rings is 2. The number of fused-ring (bicyclic) bond motifs is 1. The largest absolute Gasteiger partial charge is 0.482 e. The first-order valence-electron chi connectivity index (χ1n) is 6.77. The average Bonchev–Trinajstić information content (AvgIpc) is 2.53. The molecule has 1 heterocycles. The minimum atomic E-state index is -0.422. The molecule has 1 N–H and O–H groups in total. The molecule has 0 fully saturated rings. The second kappa shape index (κ2) is 6.34. The molecule has 23 heavy (non-hydrogen) atoms. The van der Waals surface area contributed by atoms with Gasteiger partial charge in [-0.1, -0.05) is 22.0 Å². The first-order chi connectivity index (χ1) is 11.0. The molecular formula is C17H11BrFNO3. The van der Waals surface area contributed by atoms with Crippen LogP contribution in [-0.4, -0.2) is 18.3 Å². The van der Waals surface area contributed by atoms with Gasteiger partial charge in [-0.3, -0.25) is 9.59 Å². The number of halogens is 2. The fourth-order valence-electron chi connectivity index (χ4n) is 2.13. The molecule has 0 radical (unpaired) electrons. The predicted molar refractivity (Wildman–Crippen MR) is 88.0 cm³/mol. The van der Waals surface area contributed by atoms with Crippen LogP contribution < -0.4 is 10.1 Å². The SMILES string of the molecule is O=C1COc2ccc(C(=O)/C=C/c3ccc(Br)cc3F)cc2N1. The third kappa shape index (κ3) is 3.48. The normalized spacial score (nSPS) is 13.4. The monoisotopic (exact) mass is 375 g/mol. The van der Waals surface area contributed by atoms with Crippen molar-refractivity contribution in [2.45, 2.75) is 0 Å². The number of allylic oxidation sites excluding steroid dienone is 1. The van der Waals surface area contributed by atoms with Gasteiger partial charge in [-0.15, -0.1) is 0 Å². The fraction of sp³-hybridized carbons (Fsp3) is 0.0588. The quantitative estimate of drug-likeness (QED) is 0.655. The van der Waals surface area contributed by atoms with Gasteiger partial charge < -0.3 is 10.1 Å². The summed E-state index contributed by atoms with van der Waals surface area (Å²) in [5.41, 5.74) is 1.15. The van der Waals surface area contributed by atoms with Crippen molar-refractivity contribution in [2.24, 2.45) is 0 Å². The Morgan fingerprint density at radius 2 is 2.09 bits per heavy atom. The second-order valence-corrected chi connectivity index (χ2v) is 5.83. The van der Waals surface area contributed by atoms with E-state index < -0.39 is 5.82 Å². The van der Waals surface area contributed by atoms with Crippen molar-refractivity contribution in [1.82, 2.24) is 0 Å². The Morgan fingerprint density at radius 1 is 1.26 bits per heavy atom. The van der Waals surface area contributed by atoms with Crippen LogP contribution in [0.3, 0.4) is 0 Å². The van der Waals surface area contributed by atoms with Gasteiger partial charge >= 0.3 is 0 Å². The molecule has 0 saturated heterocycles. The molecule has 2 aromatic carbocycles. The summed E-state index contributed by atoms with van der Waals surface area (Å²) < 4.78 is 19.6. The van der Waals surface area contributed by atoms with E-state index in [-0.39, 0.29) is 18.3 Å². The molecule has 0 saturated carbocycles. The smallest absolute Gasteiger partial charge is 0.262 e. The molecular weight excluding hydrogens is 365 g/mol. The molecule has 0 aliphatic carbocycles. The van der Waals surface area contributed by atoms with E-state index in [2.05, 4.69) is 21.2 Å². The van der Waals surface area contributed by atoms with Crippen LogP contribution in [0.1, 0.15) is 15.9 Å². The molecule has 1 aliphatic rings. The highest BCUT2D eigenvalue weighted by Crippen LogP contribution is 2.28. The van der Waals surface area contributed by atoms with Crippen molar-refractivity contribution in [3.05, 3.63) is 63.9 Å². The van der Waals surface area contributed by atoms with Crippen LogP contribution in [0, 0.1) is 5.82 Å². The topological polar surface area (TPSA) is 55.4 Å². The molecule has 3 rings (SSSR count). The summed E-state index contributed by atoms with van der Waals surface area (Å²) in [6, 6.07) is 9.35. The Hall–Kier alpha value is -2.47. The molecule has 0 spiro atoms. The van der Waals surface area contributed by atoms with Gasteiger partial charge in [-0.05, 0) is 42.5 Å². The number of amides is 1. The third-order valence-electron chi connectivity index (χ3n) is 3.27. The lowest BCUT2D eigenvalue weighted by Crippen LogP contribution is -2.25. The van der Waals surface area contributed by atoms with E-state index >= 15 is 0 Å². The van der Waals surface area contributed by atoms with Gasteiger partial charge in [0.05, 0.1) is 5.69 Å². The number of carbonyl (C=O) groups is 2. The van der Waals surface area contributed by atoms with Crippen LogP contribution in [0.4, 0.5) is 10.1 Å². The lowest BCUT2D eigenvalue weighted by Gasteiger charge is -2.17. The lowest BCUT2D eigenvalue weighted by molar-refractivity contribution is -0.118. The minimum absolute atomic E-state index is 0.0387. The Morgan fingerprint density at radius 3 is 2.87 bits per heavy atom. The Bertz CT molecular complexity index is 833. The van der Waals surface area contributed by atoms with E-state index in [1.165, 1.54) is 24.3 Å². The molecule has 0 atom stereocenters. The standard InChI is InChI=1S/C17H11BrFNO3/c18-12-4-1-10(13(19)8-12)2-5-15(21)11-3-6-16-14(7-11)20-17(22)9-23-16/h1-8H,9H2,(H,20,22)/b5-2+. The van der Waals surface area contributed by atoms with Gasteiger partial charge in [-0.2, -0.15) is 0 Å². The Balaban J connectivity index is 1.82. The zero-order valence-electron chi connectivity index (χ0n) is 11.8. The van der Waals surface area contributed by atoms with Crippen LogP contribution in [0.2, 0.25) is 0 Å². The molecule has 0 bridgehead atoms. The second-order valence-electron chi connectivity index (χ2n) is 4.91. The summed E-state index contributed by atoms with van der Waals surface area (Å²) in [4.78, 5) is 23.5. The number of ketones is 1. The molecule has 1 amide bonds. The fourth-order valence-corrected chi connectivity index (χ4v) is 2.47. The average molecular weight is 376 g/mol. The summed E-state index contributed by atoms with van der Waals surface area (Å²) in [5.74, 6) is -0.469. The zero-order chi connectivity index (χ0) is 16.4. The maximum atomic E-state index is 13.7. The summed E-state index contributed by atoms with van der Waals surface area (Å²) >= 11 is 3.18. The van der Waals surface area contributed by atoms with Crippen LogP contribution in [0.5, 0.6) is 5.75 Å². The van der Waals surface area contributed by atoms with E-state index in [0.29, 0.717) is 27.0 Å². The number of hydrogen-bond acceptors (Lipinski definition) is 3. The first kappa shape index (κ1) is 15.4. The summed E-state index contributed by atoms with van der Waals surface area (Å²) in [6.07, 6.45) is 2.71. The van der Waals surface area contributed by atoms with Gasteiger partial charge in [0, 0.05) is 15.6 Å². The molecule has 0 aromatic heterocycles. The first-order valence-corrected chi connectivity index (χ1v) is 7.56. The number of ether oxygens (including phenoxy) is 1. The van der Waals surface area contributed by atoms with E-state index in [4.69, 9.17) is 4.74 Å². The van der Waals surface area contributed by atoms with Crippen molar-refractivity contribution >= 4 is 39.4 Å². The summed E-state index contributed by atoms with van der Waals surface area (Å²) in [5, 5.41) is 2.64.